The molecule has 0 atom stereocenters. The molecule has 0 spiro atoms. The van der Waals surface area contributed by atoms with Crippen LogP contribution in [0.2, 0.25) is 0 Å². The third-order valence-corrected chi connectivity index (χ3v) is 1.85. The predicted molar refractivity (Wildman–Crippen MR) is 37.3 cm³/mol. The first-order chi connectivity index (χ1) is 4.74. The SMILES string of the molecule is COC(=O)c1ccc(O)s1. The van der Waals surface area contributed by atoms with Crippen LogP contribution in [-0.4, -0.2) is 18.2 Å². The second kappa shape index (κ2) is 2.70. The van der Waals surface area contributed by atoms with Crippen molar-refractivity contribution in [3.63, 3.8) is 0 Å². The molecule has 1 N–H and O–H groups in total. The van der Waals surface area contributed by atoms with Crippen LogP contribution in [0.3, 0.4) is 0 Å². The number of hydrogen-bond donors (Lipinski definition) is 1. The molecule has 1 rings (SSSR count). The van der Waals surface area contributed by atoms with Crippen molar-refractivity contribution in [1.29, 1.82) is 0 Å². The highest BCUT2D eigenvalue weighted by molar-refractivity contribution is 7.15. The van der Waals surface area contributed by atoms with Crippen LogP contribution >= 0.6 is 11.3 Å². The fraction of sp³-hybridized carbons (Fsp3) is 0.167. The molecule has 0 saturated heterocycles. The second-order valence-electron chi connectivity index (χ2n) is 1.63. The van der Waals surface area contributed by atoms with Gasteiger partial charge in [0.25, 0.3) is 0 Å². The van der Waals surface area contributed by atoms with Gasteiger partial charge in [-0.1, -0.05) is 11.3 Å². The molecule has 10 heavy (non-hydrogen) atoms. The van der Waals surface area contributed by atoms with Crippen molar-refractivity contribution in [2.75, 3.05) is 7.11 Å². The van der Waals surface area contributed by atoms with Gasteiger partial charge in [-0.25, -0.2) is 4.79 Å². The van der Waals surface area contributed by atoms with Crippen LogP contribution < -0.4 is 0 Å². The molecule has 4 heteroatoms. The van der Waals surface area contributed by atoms with Crippen LogP contribution in [0, 0.1) is 0 Å². The number of thiophene rings is 1. The molecule has 1 heterocycles. The van der Waals surface area contributed by atoms with E-state index in [4.69, 9.17) is 5.11 Å². The van der Waals surface area contributed by atoms with Gasteiger partial charge in [0.2, 0.25) is 0 Å². The maximum absolute atomic E-state index is 10.7. The van der Waals surface area contributed by atoms with E-state index < -0.39 is 5.97 Å². The van der Waals surface area contributed by atoms with Gasteiger partial charge >= 0.3 is 5.97 Å². The van der Waals surface area contributed by atoms with Crippen LogP contribution in [-0.2, 0) is 4.74 Å². The molecule has 0 radical (unpaired) electrons. The summed E-state index contributed by atoms with van der Waals surface area (Å²) in [6.45, 7) is 0. The van der Waals surface area contributed by atoms with E-state index >= 15 is 0 Å². The Bertz CT molecular complexity index is 241. The van der Waals surface area contributed by atoms with Gasteiger partial charge in [0.15, 0.2) is 5.06 Å². The molecule has 0 aliphatic rings. The highest BCUT2D eigenvalue weighted by Crippen LogP contribution is 2.22. The van der Waals surface area contributed by atoms with E-state index in [-0.39, 0.29) is 5.06 Å². The van der Waals surface area contributed by atoms with Crippen molar-refractivity contribution >= 4 is 17.3 Å². The van der Waals surface area contributed by atoms with Gasteiger partial charge in [-0.15, -0.1) is 0 Å². The minimum Gasteiger partial charge on any atom is -0.499 e. The highest BCUT2D eigenvalue weighted by atomic mass is 32.1. The molecule has 0 fully saturated rings. The number of methoxy groups -OCH3 is 1. The number of carbonyl (C=O) groups excluding carboxylic acids is 1. The lowest BCUT2D eigenvalue weighted by Crippen LogP contribution is -1.96. The summed E-state index contributed by atoms with van der Waals surface area (Å²) in [5, 5.41) is 8.93. The summed E-state index contributed by atoms with van der Waals surface area (Å²) in [5.74, 6) is -0.412. The van der Waals surface area contributed by atoms with E-state index in [0.29, 0.717) is 4.88 Å². The van der Waals surface area contributed by atoms with Crippen molar-refractivity contribution in [2.24, 2.45) is 0 Å². The molecule has 0 bridgehead atoms. The van der Waals surface area contributed by atoms with Gasteiger partial charge < -0.3 is 9.84 Å². The summed E-state index contributed by atoms with van der Waals surface area (Å²) in [7, 11) is 1.30. The Kier molecular flexibility index (Phi) is 1.91. The first-order valence-corrected chi connectivity index (χ1v) is 3.43. The largest absolute Gasteiger partial charge is 0.499 e. The van der Waals surface area contributed by atoms with Gasteiger partial charge in [-0.2, -0.15) is 0 Å². The number of hydrogen-bond acceptors (Lipinski definition) is 4. The molecule has 0 saturated carbocycles. The maximum Gasteiger partial charge on any atom is 0.348 e. The van der Waals surface area contributed by atoms with Crippen LogP contribution in [0.1, 0.15) is 9.67 Å². The Balaban J connectivity index is 2.85. The van der Waals surface area contributed by atoms with Crippen molar-refractivity contribution in [3.8, 4) is 5.06 Å². The Morgan fingerprint density at radius 1 is 1.70 bits per heavy atom. The molecule has 0 unspecified atom stereocenters. The zero-order chi connectivity index (χ0) is 7.56. The molecule has 0 amide bonds. The minimum atomic E-state index is -0.412. The van der Waals surface area contributed by atoms with E-state index in [1.165, 1.54) is 19.2 Å². The predicted octanol–water partition coefficient (Wildman–Crippen LogP) is 1.24. The highest BCUT2D eigenvalue weighted by Gasteiger charge is 2.07. The lowest BCUT2D eigenvalue weighted by atomic mass is 10.5. The number of rotatable bonds is 1. The van der Waals surface area contributed by atoms with Crippen molar-refractivity contribution < 1.29 is 14.6 Å². The van der Waals surface area contributed by atoms with Gasteiger partial charge in [-0.05, 0) is 12.1 Å². The fourth-order valence-electron chi connectivity index (χ4n) is 0.538. The van der Waals surface area contributed by atoms with Crippen LogP contribution in [0.5, 0.6) is 5.06 Å². The lowest BCUT2D eigenvalue weighted by Gasteiger charge is -1.90. The van der Waals surface area contributed by atoms with E-state index in [0.717, 1.165) is 11.3 Å². The Morgan fingerprint density at radius 3 is 2.80 bits per heavy atom. The van der Waals surface area contributed by atoms with Crippen molar-refractivity contribution in [1.82, 2.24) is 0 Å². The number of carbonyl (C=O) groups is 1. The summed E-state index contributed by atoms with van der Waals surface area (Å²) in [5.41, 5.74) is 0. The maximum atomic E-state index is 10.7. The number of aromatic hydroxyl groups is 1. The monoisotopic (exact) mass is 158 g/mol. The molecule has 0 aliphatic carbocycles. The van der Waals surface area contributed by atoms with Crippen LogP contribution in [0.25, 0.3) is 0 Å². The smallest absolute Gasteiger partial charge is 0.348 e. The summed E-state index contributed by atoms with van der Waals surface area (Å²) in [6, 6.07) is 2.97. The normalized spacial score (nSPS) is 9.30. The first-order valence-electron chi connectivity index (χ1n) is 2.61. The zero-order valence-electron chi connectivity index (χ0n) is 5.33. The van der Waals surface area contributed by atoms with Crippen LogP contribution in [0.4, 0.5) is 0 Å². The molecule has 1 aromatic heterocycles. The second-order valence-corrected chi connectivity index (χ2v) is 2.69. The van der Waals surface area contributed by atoms with E-state index in [1.807, 2.05) is 0 Å². The van der Waals surface area contributed by atoms with Gasteiger partial charge in [0.1, 0.15) is 4.88 Å². The van der Waals surface area contributed by atoms with Crippen molar-refractivity contribution in [3.05, 3.63) is 17.0 Å². The Hall–Kier alpha value is -1.03. The molecular weight excluding hydrogens is 152 g/mol. The van der Waals surface area contributed by atoms with Gasteiger partial charge in [0.05, 0.1) is 7.11 Å². The summed E-state index contributed by atoms with van der Waals surface area (Å²) < 4.78 is 4.41. The quantitative estimate of drug-likeness (QED) is 0.625. The first kappa shape index (κ1) is 7.08. The molecule has 1 aromatic rings. The van der Waals surface area contributed by atoms with Gasteiger partial charge in [-0.3, -0.25) is 0 Å². The van der Waals surface area contributed by atoms with Gasteiger partial charge in [0, 0.05) is 0 Å². The van der Waals surface area contributed by atoms with E-state index in [2.05, 4.69) is 4.74 Å². The standard InChI is InChI=1S/C6H6O3S/c1-9-6(8)4-2-3-5(7)10-4/h2-3,7H,1H3. The molecule has 54 valence electrons. The van der Waals surface area contributed by atoms with Crippen molar-refractivity contribution in [2.45, 2.75) is 0 Å². The van der Waals surface area contributed by atoms with E-state index in [1.54, 1.807) is 0 Å². The third-order valence-electron chi connectivity index (χ3n) is 0.978. The third kappa shape index (κ3) is 1.27. The van der Waals surface area contributed by atoms with Crippen LogP contribution in [0.15, 0.2) is 12.1 Å². The molecule has 0 aliphatic heterocycles. The zero-order valence-corrected chi connectivity index (χ0v) is 6.14. The van der Waals surface area contributed by atoms with E-state index in [9.17, 15) is 4.79 Å². The summed E-state index contributed by atoms with van der Waals surface area (Å²) in [6.07, 6.45) is 0. The average molecular weight is 158 g/mol. The number of ether oxygens (including phenoxy) is 1. The number of esters is 1. The Morgan fingerprint density at radius 2 is 2.40 bits per heavy atom. The average Bonchev–Trinajstić information content (AvgIpc) is 2.34. The fourth-order valence-corrected chi connectivity index (χ4v) is 1.20. The molecule has 0 aromatic carbocycles. The summed E-state index contributed by atoms with van der Waals surface area (Å²) >= 11 is 1.00. The lowest BCUT2D eigenvalue weighted by molar-refractivity contribution is 0.0606. The Labute approximate surface area is 61.9 Å². The summed E-state index contributed by atoms with van der Waals surface area (Å²) in [4.78, 5) is 11.1. The molecular formula is C6H6O3S. The molecule has 3 nitrogen and oxygen atoms in total. The topological polar surface area (TPSA) is 46.5 Å². The minimum absolute atomic E-state index is 0.125.